The smallest absolute Gasteiger partial charge is 0.242 e. The van der Waals surface area contributed by atoms with Gasteiger partial charge in [0.1, 0.15) is 4.90 Å². The summed E-state index contributed by atoms with van der Waals surface area (Å²) in [5.41, 5.74) is 0.768. The van der Waals surface area contributed by atoms with E-state index in [1.807, 2.05) is 35.2 Å². The van der Waals surface area contributed by atoms with E-state index in [1.54, 1.807) is 18.2 Å². The quantitative estimate of drug-likeness (QED) is 0.771. The highest BCUT2D eigenvalue weighted by molar-refractivity contribution is 7.89. The average molecular weight is 408 g/mol. The summed E-state index contributed by atoms with van der Waals surface area (Å²) in [5.74, 6) is -0.0729. The predicted molar refractivity (Wildman–Crippen MR) is 106 cm³/mol. The van der Waals surface area contributed by atoms with Crippen molar-refractivity contribution in [3.05, 3.63) is 59.6 Å². The van der Waals surface area contributed by atoms with Gasteiger partial charge in [-0.25, -0.2) is 13.1 Å². The van der Waals surface area contributed by atoms with Gasteiger partial charge in [-0.2, -0.15) is 0 Å². The number of anilines is 1. The maximum Gasteiger partial charge on any atom is 0.242 e. The zero-order valence-electron chi connectivity index (χ0n) is 14.8. The Balaban J connectivity index is 1.49. The van der Waals surface area contributed by atoms with Gasteiger partial charge in [-0.15, -0.1) is 0 Å². The molecule has 1 fully saturated rings. The fourth-order valence-electron chi connectivity index (χ4n) is 3.08. The number of amides is 1. The van der Waals surface area contributed by atoms with Crippen molar-refractivity contribution in [1.82, 2.24) is 9.62 Å². The zero-order valence-corrected chi connectivity index (χ0v) is 16.3. The van der Waals surface area contributed by atoms with Crippen molar-refractivity contribution in [3.63, 3.8) is 0 Å². The summed E-state index contributed by atoms with van der Waals surface area (Å²) < 4.78 is 27.7. The van der Waals surface area contributed by atoms with E-state index in [9.17, 15) is 13.2 Å². The Labute approximate surface area is 164 Å². The number of para-hydroxylation sites is 1. The maximum atomic E-state index is 12.5. The summed E-state index contributed by atoms with van der Waals surface area (Å²) in [6.45, 7) is 1.59. The number of hydrogen-bond acceptors (Lipinski definition) is 4. The minimum Gasteiger partial charge on any atom is -0.325 e. The molecular formula is C19H22ClN3O3S. The first-order valence-electron chi connectivity index (χ1n) is 8.78. The second-order valence-corrected chi connectivity index (χ2v) is 8.61. The largest absolute Gasteiger partial charge is 0.325 e. The van der Waals surface area contributed by atoms with E-state index in [0.29, 0.717) is 32.5 Å². The highest BCUT2D eigenvalue weighted by Gasteiger charge is 2.26. The number of sulfonamides is 1. The summed E-state index contributed by atoms with van der Waals surface area (Å²) in [7, 11) is -3.65. The number of carbonyl (C=O) groups is 1. The van der Waals surface area contributed by atoms with Crippen LogP contribution in [0.1, 0.15) is 12.8 Å². The second kappa shape index (κ2) is 8.84. The molecule has 144 valence electrons. The summed E-state index contributed by atoms with van der Waals surface area (Å²) in [5, 5.41) is 3.07. The summed E-state index contributed by atoms with van der Waals surface area (Å²) >= 11 is 6.00. The van der Waals surface area contributed by atoms with Gasteiger partial charge in [0.2, 0.25) is 15.9 Å². The summed E-state index contributed by atoms with van der Waals surface area (Å²) in [6, 6.07) is 15.5. The van der Waals surface area contributed by atoms with E-state index >= 15 is 0 Å². The van der Waals surface area contributed by atoms with Crippen LogP contribution in [-0.2, 0) is 14.8 Å². The Morgan fingerprint density at radius 3 is 2.33 bits per heavy atom. The normalized spacial score (nSPS) is 16.2. The Morgan fingerprint density at radius 2 is 1.67 bits per heavy atom. The van der Waals surface area contributed by atoms with Crippen LogP contribution in [0.2, 0.25) is 5.02 Å². The Hall–Kier alpha value is -1.93. The molecule has 3 rings (SSSR count). The van der Waals surface area contributed by atoms with Crippen LogP contribution in [0.15, 0.2) is 59.5 Å². The van der Waals surface area contributed by atoms with Crippen LogP contribution in [-0.4, -0.2) is 44.9 Å². The first kappa shape index (κ1) is 19.8. The van der Waals surface area contributed by atoms with Crippen LogP contribution in [0.5, 0.6) is 0 Å². The van der Waals surface area contributed by atoms with Crippen LogP contribution in [0, 0.1) is 0 Å². The number of halogens is 1. The standard InChI is InChI=1S/C19H22ClN3O3S/c20-17-8-4-5-9-18(17)27(25,26)22-16-10-12-23(13-11-16)14-19(24)21-15-6-2-1-3-7-15/h1-9,16,22H,10-14H2,(H,21,24). The van der Waals surface area contributed by atoms with Crippen LogP contribution >= 0.6 is 11.6 Å². The lowest BCUT2D eigenvalue weighted by Gasteiger charge is -2.31. The number of benzene rings is 2. The van der Waals surface area contributed by atoms with Crippen LogP contribution in [0.3, 0.4) is 0 Å². The Kier molecular flexibility index (Phi) is 6.49. The molecule has 2 N–H and O–H groups in total. The molecule has 0 spiro atoms. The first-order valence-corrected chi connectivity index (χ1v) is 10.6. The molecule has 1 heterocycles. The Morgan fingerprint density at radius 1 is 1.04 bits per heavy atom. The monoisotopic (exact) mass is 407 g/mol. The number of likely N-dealkylation sites (tertiary alicyclic amines) is 1. The number of rotatable bonds is 6. The highest BCUT2D eigenvalue weighted by atomic mass is 35.5. The SMILES string of the molecule is O=C(CN1CCC(NS(=O)(=O)c2ccccc2Cl)CC1)Nc1ccccc1. The van der Waals surface area contributed by atoms with Crippen LogP contribution in [0.25, 0.3) is 0 Å². The molecule has 1 aliphatic rings. The molecule has 2 aromatic rings. The zero-order chi connectivity index (χ0) is 19.3. The molecule has 27 heavy (non-hydrogen) atoms. The minimum atomic E-state index is -3.65. The van der Waals surface area contributed by atoms with Crippen molar-refractivity contribution in [2.75, 3.05) is 25.0 Å². The molecule has 0 radical (unpaired) electrons. The average Bonchev–Trinajstić information content (AvgIpc) is 2.64. The molecule has 8 heteroatoms. The molecule has 0 bridgehead atoms. The number of nitrogens with zero attached hydrogens (tertiary/aromatic N) is 1. The van der Waals surface area contributed by atoms with Gasteiger partial charge in [0, 0.05) is 24.8 Å². The lowest BCUT2D eigenvalue weighted by molar-refractivity contribution is -0.117. The van der Waals surface area contributed by atoms with Gasteiger partial charge >= 0.3 is 0 Å². The van der Waals surface area contributed by atoms with E-state index in [4.69, 9.17) is 11.6 Å². The minimum absolute atomic E-state index is 0.0729. The fourth-order valence-corrected chi connectivity index (χ4v) is 4.90. The molecule has 1 aliphatic heterocycles. The third-order valence-corrected chi connectivity index (χ3v) is 6.48. The third-order valence-electron chi connectivity index (χ3n) is 4.46. The van der Waals surface area contributed by atoms with Crippen molar-refractivity contribution < 1.29 is 13.2 Å². The topological polar surface area (TPSA) is 78.5 Å². The van der Waals surface area contributed by atoms with E-state index < -0.39 is 10.0 Å². The lowest BCUT2D eigenvalue weighted by Crippen LogP contribution is -2.46. The van der Waals surface area contributed by atoms with Crippen LogP contribution in [0.4, 0.5) is 5.69 Å². The molecule has 0 aliphatic carbocycles. The number of nitrogens with one attached hydrogen (secondary N) is 2. The molecule has 0 atom stereocenters. The van der Waals surface area contributed by atoms with Gasteiger partial charge < -0.3 is 5.32 Å². The summed E-state index contributed by atoms with van der Waals surface area (Å²) in [4.78, 5) is 14.3. The molecule has 0 unspecified atom stereocenters. The number of carbonyl (C=O) groups excluding carboxylic acids is 1. The first-order chi connectivity index (χ1) is 12.9. The number of piperidine rings is 1. The van der Waals surface area contributed by atoms with Gasteiger partial charge in [0.25, 0.3) is 0 Å². The fraction of sp³-hybridized carbons (Fsp3) is 0.316. The molecular weight excluding hydrogens is 386 g/mol. The molecule has 2 aromatic carbocycles. The van der Waals surface area contributed by atoms with Crippen molar-refractivity contribution in [2.45, 2.75) is 23.8 Å². The lowest BCUT2D eigenvalue weighted by atomic mass is 10.1. The van der Waals surface area contributed by atoms with E-state index in [0.717, 1.165) is 5.69 Å². The van der Waals surface area contributed by atoms with Crippen LogP contribution < -0.4 is 10.0 Å². The third kappa shape index (κ3) is 5.52. The second-order valence-electron chi connectivity index (χ2n) is 6.52. The van der Waals surface area contributed by atoms with Gasteiger partial charge in [-0.3, -0.25) is 9.69 Å². The molecule has 0 saturated carbocycles. The van der Waals surface area contributed by atoms with Gasteiger partial charge in [0.15, 0.2) is 0 Å². The predicted octanol–water partition coefficient (Wildman–Crippen LogP) is 2.72. The maximum absolute atomic E-state index is 12.5. The van der Waals surface area contributed by atoms with Gasteiger partial charge in [-0.1, -0.05) is 41.9 Å². The van der Waals surface area contributed by atoms with Crippen molar-refractivity contribution in [3.8, 4) is 0 Å². The number of hydrogen-bond donors (Lipinski definition) is 2. The highest BCUT2D eigenvalue weighted by Crippen LogP contribution is 2.22. The van der Waals surface area contributed by atoms with E-state index in [1.165, 1.54) is 6.07 Å². The summed E-state index contributed by atoms with van der Waals surface area (Å²) in [6.07, 6.45) is 1.28. The van der Waals surface area contributed by atoms with Gasteiger partial charge in [0.05, 0.1) is 11.6 Å². The molecule has 0 aromatic heterocycles. The molecule has 1 amide bonds. The van der Waals surface area contributed by atoms with E-state index in [-0.39, 0.29) is 21.9 Å². The van der Waals surface area contributed by atoms with Gasteiger partial charge in [-0.05, 0) is 37.1 Å². The van der Waals surface area contributed by atoms with Crippen molar-refractivity contribution in [2.24, 2.45) is 0 Å². The molecule has 1 saturated heterocycles. The van der Waals surface area contributed by atoms with E-state index in [2.05, 4.69) is 10.0 Å². The van der Waals surface area contributed by atoms with Crippen molar-refractivity contribution >= 4 is 33.2 Å². The Bertz CT molecular complexity index is 882. The molecule has 6 nitrogen and oxygen atoms in total. The van der Waals surface area contributed by atoms with Crippen molar-refractivity contribution in [1.29, 1.82) is 0 Å².